The van der Waals surface area contributed by atoms with Crippen molar-refractivity contribution in [2.75, 3.05) is 0 Å². The smallest absolute Gasteiger partial charge is 0.0538 e. The van der Waals surface area contributed by atoms with E-state index in [0.717, 1.165) is 0 Å². The fourth-order valence-corrected chi connectivity index (χ4v) is 11.3. The van der Waals surface area contributed by atoms with E-state index < -0.39 is 0 Å². The zero-order valence-electron chi connectivity index (χ0n) is 17.3. The van der Waals surface area contributed by atoms with Gasteiger partial charge in [-0.3, -0.25) is 0 Å². The summed E-state index contributed by atoms with van der Waals surface area (Å²) < 4.78 is 8.79. The number of thiophene rings is 4. The maximum Gasteiger partial charge on any atom is 0.0538 e. The molecule has 32 heavy (non-hydrogen) atoms. The molecule has 0 atom stereocenters. The second-order valence-corrected chi connectivity index (χ2v) is 13.5. The van der Waals surface area contributed by atoms with Crippen LogP contribution in [0.5, 0.6) is 0 Å². The molecule has 0 nitrogen and oxygen atoms in total. The lowest BCUT2D eigenvalue weighted by Gasteiger charge is -2.07. The molecule has 0 unspecified atom stereocenters. The molecule has 4 heterocycles. The minimum atomic E-state index is 1.41. The highest BCUT2D eigenvalue weighted by Gasteiger charge is 2.26. The Kier molecular flexibility index (Phi) is 2.85. The molecule has 0 aliphatic carbocycles. The molecular formula is C28H14S4. The van der Waals surface area contributed by atoms with Gasteiger partial charge in [-0.1, -0.05) is 36.4 Å². The first kappa shape index (κ1) is 17.0. The molecule has 4 heteroatoms. The monoisotopic (exact) mass is 478 g/mol. The molecule has 0 radical (unpaired) electrons. The molecule has 0 aliphatic rings. The quantitative estimate of drug-likeness (QED) is 0.190. The number of benzene rings is 3. The fourth-order valence-electron chi connectivity index (χ4n) is 6.07. The molecule has 0 aliphatic heterocycles. The number of fused-ring (bicyclic) bond motifs is 12. The van der Waals surface area contributed by atoms with Crippen molar-refractivity contribution in [2.45, 2.75) is 13.8 Å². The van der Waals surface area contributed by atoms with Gasteiger partial charge in [0.05, 0.1) is 9.40 Å². The van der Waals surface area contributed by atoms with E-state index in [2.05, 4.69) is 62.4 Å². The molecule has 0 bridgehead atoms. The lowest BCUT2D eigenvalue weighted by atomic mass is 9.97. The predicted octanol–water partition coefficient (Wildman–Crippen LogP) is 10.7. The Hall–Kier alpha value is -2.50. The molecule has 9 rings (SSSR count). The summed E-state index contributed by atoms with van der Waals surface area (Å²) in [5.41, 5.74) is 0. The van der Waals surface area contributed by atoms with Crippen molar-refractivity contribution in [3.8, 4) is 0 Å². The van der Waals surface area contributed by atoms with Crippen molar-refractivity contribution in [1.29, 1.82) is 0 Å². The van der Waals surface area contributed by atoms with Gasteiger partial charge in [0.1, 0.15) is 0 Å². The highest BCUT2D eigenvalue weighted by molar-refractivity contribution is 7.34. The maximum absolute atomic E-state index is 2.37. The van der Waals surface area contributed by atoms with E-state index in [1.54, 1.807) is 0 Å². The Morgan fingerprint density at radius 2 is 0.844 bits per heavy atom. The molecule has 0 spiro atoms. The van der Waals surface area contributed by atoms with E-state index in [-0.39, 0.29) is 0 Å². The Morgan fingerprint density at radius 1 is 0.438 bits per heavy atom. The highest BCUT2D eigenvalue weighted by atomic mass is 32.1. The van der Waals surface area contributed by atoms with Gasteiger partial charge in [-0.25, -0.2) is 0 Å². The predicted molar refractivity (Wildman–Crippen MR) is 150 cm³/mol. The number of hydrogen-bond acceptors (Lipinski definition) is 4. The summed E-state index contributed by atoms with van der Waals surface area (Å²) in [6.07, 6.45) is 0. The Labute approximate surface area is 198 Å². The zero-order valence-corrected chi connectivity index (χ0v) is 20.5. The van der Waals surface area contributed by atoms with E-state index in [4.69, 9.17) is 0 Å². The lowest BCUT2D eigenvalue weighted by Crippen LogP contribution is -1.78. The number of hydrogen-bond donors (Lipinski definition) is 0. The van der Waals surface area contributed by atoms with E-state index in [1.165, 1.54) is 91.8 Å². The SMILES string of the molecule is Cc1cc2sc3c(c4cccc5c4c3c3cccc4c6c7sc(C)cc7sc6c5c43)c2s1. The second kappa shape index (κ2) is 5.35. The minimum absolute atomic E-state index is 1.41. The van der Waals surface area contributed by atoms with Crippen molar-refractivity contribution in [1.82, 2.24) is 0 Å². The summed E-state index contributed by atoms with van der Waals surface area (Å²) in [4.78, 5) is 2.81. The van der Waals surface area contributed by atoms with Crippen LogP contribution in [0.1, 0.15) is 9.75 Å². The molecule has 0 saturated heterocycles. The second-order valence-electron chi connectivity index (χ2n) is 8.92. The zero-order chi connectivity index (χ0) is 20.9. The van der Waals surface area contributed by atoms with Crippen molar-refractivity contribution in [3.05, 3.63) is 58.3 Å². The van der Waals surface area contributed by atoms with Crippen LogP contribution >= 0.6 is 45.3 Å². The summed E-state index contributed by atoms with van der Waals surface area (Å²) in [7, 11) is 0. The Morgan fingerprint density at radius 3 is 1.28 bits per heavy atom. The van der Waals surface area contributed by atoms with Crippen molar-refractivity contribution >= 4 is 127 Å². The first-order valence-electron chi connectivity index (χ1n) is 10.8. The summed E-state index contributed by atoms with van der Waals surface area (Å²) in [6, 6.07) is 18.8. The van der Waals surface area contributed by atoms with Crippen LogP contribution in [0.3, 0.4) is 0 Å². The third-order valence-electron chi connectivity index (χ3n) is 7.14. The maximum atomic E-state index is 2.37. The number of rotatable bonds is 0. The third-order valence-corrected chi connectivity index (χ3v) is 11.8. The fraction of sp³-hybridized carbons (Fsp3) is 0.0714. The van der Waals surface area contributed by atoms with Gasteiger partial charge in [-0.2, -0.15) is 0 Å². The van der Waals surface area contributed by atoms with Crippen LogP contribution in [0.15, 0.2) is 48.5 Å². The van der Waals surface area contributed by atoms with Gasteiger partial charge in [0.15, 0.2) is 0 Å². The van der Waals surface area contributed by atoms with Gasteiger partial charge in [0.2, 0.25) is 0 Å². The number of aryl methyl sites for hydroxylation is 2. The van der Waals surface area contributed by atoms with Crippen LogP contribution in [0.2, 0.25) is 0 Å². The van der Waals surface area contributed by atoms with Crippen LogP contribution < -0.4 is 0 Å². The summed E-state index contributed by atoms with van der Waals surface area (Å²) in [5.74, 6) is 0. The summed E-state index contributed by atoms with van der Waals surface area (Å²) in [6.45, 7) is 4.46. The van der Waals surface area contributed by atoms with Crippen LogP contribution in [-0.2, 0) is 0 Å². The van der Waals surface area contributed by atoms with Crippen molar-refractivity contribution < 1.29 is 0 Å². The average molecular weight is 479 g/mol. The van der Waals surface area contributed by atoms with Crippen LogP contribution in [-0.4, -0.2) is 0 Å². The molecule has 4 aromatic heterocycles. The topological polar surface area (TPSA) is 0 Å². The molecular weight excluding hydrogens is 465 g/mol. The van der Waals surface area contributed by atoms with E-state index in [0.29, 0.717) is 0 Å². The van der Waals surface area contributed by atoms with Crippen molar-refractivity contribution in [2.24, 2.45) is 0 Å². The normalized spacial score (nSPS) is 13.3. The average Bonchev–Trinajstić information content (AvgIpc) is 3.56. The largest absolute Gasteiger partial charge is 0.139 e. The Bertz CT molecular complexity index is 2050. The van der Waals surface area contributed by atoms with Crippen molar-refractivity contribution in [3.63, 3.8) is 0 Å². The Balaban J connectivity index is 1.68. The van der Waals surface area contributed by atoms with Gasteiger partial charge >= 0.3 is 0 Å². The van der Waals surface area contributed by atoms with Gasteiger partial charge in [0.25, 0.3) is 0 Å². The first-order valence-corrected chi connectivity index (χ1v) is 14.0. The van der Waals surface area contributed by atoms with Crippen LogP contribution in [0.25, 0.3) is 82.1 Å². The minimum Gasteiger partial charge on any atom is -0.139 e. The lowest BCUT2D eigenvalue weighted by molar-refractivity contribution is 1.66. The molecule has 0 N–H and O–H groups in total. The molecule has 150 valence electrons. The molecule has 5 aromatic carbocycles. The van der Waals surface area contributed by atoms with Crippen LogP contribution in [0, 0.1) is 13.8 Å². The standard InChI is InChI=1S/C28H14S4/c1-11-9-17-25(29-11)23-15-7-3-5-13-19(15)21(27(23)31-17)14-6-4-8-16-20(14)22(13)28-24(16)26-18(32-28)10-12(2)30-26/h3-10H,1-2H3. The van der Waals surface area contributed by atoms with E-state index in [1.807, 2.05) is 45.3 Å². The van der Waals surface area contributed by atoms with Gasteiger partial charge in [-0.05, 0) is 58.3 Å². The summed E-state index contributed by atoms with van der Waals surface area (Å²) >= 11 is 7.89. The van der Waals surface area contributed by atoms with Gasteiger partial charge in [0, 0.05) is 50.1 Å². The molecule has 0 fully saturated rings. The van der Waals surface area contributed by atoms with E-state index in [9.17, 15) is 0 Å². The van der Waals surface area contributed by atoms with E-state index >= 15 is 0 Å². The highest BCUT2D eigenvalue weighted by Crippen LogP contribution is 2.56. The third kappa shape index (κ3) is 1.74. The van der Waals surface area contributed by atoms with Crippen LogP contribution in [0.4, 0.5) is 0 Å². The molecule has 0 amide bonds. The summed E-state index contributed by atoms with van der Waals surface area (Å²) in [5, 5.41) is 14.6. The molecule has 9 aromatic rings. The van der Waals surface area contributed by atoms with Gasteiger partial charge in [-0.15, -0.1) is 45.3 Å². The first-order chi connectivity index (χ1) is 15.7. The van der Waals surface area contributed by atoms with Gasteiger partial charge < -0.3 is 0 Å². The molecule has 0 saturated carbocycles.